The molecule has 0 aliphatic carbocycles. The maximum absolute atomic E-state index is 8.65. The molecular formula is C12H14BrN. The molecule has 0 saturated heterocycles. The second-order valence-electron chi connectivity index (χ2n) is 3.34. The van der Waals surface area contributed by atoms with Crippen LogP contribution in [0.4, 0.5) is 0 Å². The van der Waals surface area contributed by atoms with Gasteiger partial charge in [-0.15, -0.1) is 0 Å². The van der Waals surface area contributed by atoms with E-state index >= 15 is 0 Å². The molecule has 1 aromatic carbocycles. The lowest BCUT2D eigenvalue weighted by atomic mass is 10.1. The van der Waals surface area contributed by atoms with Gasteiger partial charge in [0.25, 0.3) is 0 Å². The molecular weight excluding hydrogens is 238 g/mol. The van der Waals surface area contributed by atoms with Gasteiger partial charge in [0.05, 0.1) is 11.6 Å². The smallest absolute Gasteiger partial charge is 0.0991 e. The Morgan fingerprint density at radius 1 is 1.36 bits per heavy atom. The molecule has 0 fully saturated rings. The van der Waals surface area contributed by atoms with Crippen molar-refractivity contribution in [2.24, 2.45) is 0 Å². The van der Waals surface area contributed by atoms with Gasteiger partial charge >= 0.3 is 0 Å². The largest absolute Gasteiger partial charge is 0.192 e. The second kappa shape index (κ2) is 5.82. The number of halogens is 1. The molecule has 1 rings (SSSR count). The fraction of sp³-hybridized carbons (Fsp3) is 0.417. The monoisotopic (exact) mass is 251 g/mol. The van der Waals surface area contributed by atoms with Gasteiger partial charge in [0.15, 0.2) is 0 Å². The van der Waals surface area contributed by atoms with Crippen molar-refractivity contribution in [1.29, 1.82) is 5.26 Å². The van der Waals surface area contributed by atoms with Crippen LogP contribution in [0.5, 0.6) is 0 Å². The number of rotatable bonds is 4. The van der Waals surface area contributed by atoms with Gasteiger partial charge in [-0.3, -0.25) is 0 Å². The van der Waals surface area contributed by atoms with Crippen molar-refractivity contribution in [2.45, 2.75) is 31.0 Å². The first kappa shape index (κ1) is 11.3. The van der Waals surface area contributed by atoms with Gasteiger partial charge < -0.3 is 0 Å². The van der Waals surface area contributed by atoms with E-state index in [0.29, 0.717) is 4.83 Å². The molecule has 0 spiro atoms. The van der Waals surface area contributed by atoms with Gasteiger partial charge in [-0.1, -0.05) is 47.8 Å². The number of alkyl halides is 1. The predicted molar refractivity (Wildman–Crippen MR) is 62.4 cm³/mol. The SMILES string of the molecule is CCCCC(Br)c1ccc(C#N)cc1. The van der Waals surface area contributed by atoms with Crippen LogP contribution in [0.1, 0.15) is 42.1 Å². The number of hydrogen-bond donors (Lipinski definition) is 0. The van der Waals surface area contributed by atoms with Gasteiger partial charge in [-0.25, -0.2) is 0 Å². The minimum absolute atomic E-state index is 0.426. The van der Waals surface area contributed by atoms with Crippen molar-refractivity contribution < 1.29 is 0 Å². The number of nitrogens with zero attached hydrogens (tertiary/aromatic N) is 1. The van der Waals surface area contributed by atoms with Crippen LogP contribution in [0.15, 0.2) is 24.3 Å². The Morgan fingerprint density at radius 2 is 2.00 bits per heavy atom. The maximum atomic E-state index is 8.65. The van der Waals surface area contributed by atoms with Gasteiger partial charge in [0.1, 0.15) is 0 Å². The molecule has 0 N–H and O–H groups in total. The van der Waals surface area contributed by atoms with Crippen molar-refractivity contribution in [2.75, 3.05) is 0 Å². The average molecular weight is 252 g/mol. The summed E-state index contributed by atoms with van der Waals surface area (Å²) in [5.74, 6) is 0. The number of unbranched alkanes of at least 4 members (excludes halogenated alkanes) is 1. The predicted octanol–water partition coefficient (Wildman–Crippen LogP) is 4.18. The van der Waals surface area contributed by atoms with Crippen molar-refractivity contribution in [3.63, 3.8) is 0 Å². The Morgan fingerprint density at radius 3 is 2.50 bits per heavy atom. The van der Waals surface area contributed by atoms with Gasteiger partial charge in [0.2, 0.25) is 0 Å². The normalized spacial score (nSPS) is 12.1. The van der Waals surface area contributed by atoms with E-state index in [9.17, 15) is 0 Å². The molecule has 0 radical (unpaired) electrons. The summed E-state index contributed by atoms with van der Waals surface area (Å²) in [6, 6.07) is 9.91. The average Bonchev–Trinajstić information content (AvgIpc) is 2.26. The van der Waals surface area contributed by atoms with E-state index in [1.807, 2.05) is 24.3 Å². The van der Waals surface area contributed by atoms with Crippen LogP contribution in [0.2, 0.25) is 0 Å². The summed E-state index contributed by atoms with van der Waals surface area (Å²) in [5.41, 5.74) is 1.99. The van der Waals surface area contributed by atoms with E-state index in [2.05, 4.69) is 28.9 Å². The minimum atomic E-state index is 0.426. The zero-order valence-corrected chi connectivity index (χ0v) is 9.92. The van der Waals surface area contributed by atoms with Crippen LogP contribution in [0.3, 0.4) is 0 Å². The van der Waals surface area contributed by atoms with E-state index in [1.54, 1.807) is 0 Å². The van der Waals surface area contributed by atoms with Crippen LogP contribution < -0.4 is 0 Å². The highest BCUT2D eigenvalue weighted by molar-refractivity contribution is 9.09. The fourth-order valence-corrected chi connectivity index (χ4v) is 1.95. The first-order valence-corrected chi connectivity index (χ1v) is 5.83. The van der Waals surface area contributed by atoms with E-state index in [0.717, 1.165) is 12.0 Å². The highest BCUT2D eigenvalue weighted by Crippen LogP contribution is 2.28. The molecule has 14 heavy (non-hydrogen) atoms. The van der Waals surface area contributed by atoms with Crippen molar-refractivity contribution in [3.8, 4) is 6.07 Å². The Bertz CT molecular complexity index is 310. The lowest BCUT2D eigenvalue weighted by Gasteiger charge is -2.08. The van der Waals surface area contributed by atoms with Crippen molar-refractivity contribution in [3.05, 3.63) is 35.4 Å². The molecule has 0 saturated carbocycles. The third-order valence-corrected chi connectivity index (χ3v) is 3.20. The first-order chi connectivity index (χ1) is 6.77. The van der Waals surface area contributed by atoms with Gasteiger partial charge in [0, 0.05) is 4.83 Å². The standard InChI is InChI=1S/C12H14BrN/c1-2-3-4-12(13)11-7-5-10(9-14)6-8-11/h5-8,12H,2-4H2,1H3. The molecule has 1 atom stereocenters. The van der Waals surface area contributed by atoms with Crippen LogP contribution in [-0.4, -0.2) is 0 Å². The summed E-state index contributed by atoms with van der Waals surface area (Å²) < 4.78 is 0. The summed E-state index contributed by atoms with van der Waals surface area (Å²) in [5, 5.41) is 8.65. The molecule has 1 nitrogen and oxygen atoms in total. The lowest BCUT2D eigenvalue weighted by molar-refractivity contribution is 0.713. The van der Waals surface area contributed by atoms with E-state index < -0.39 is 0 Å². The van der Waals surface area contributed by atoms with E-state index in [4.69, 9.17) is 5.26 Å². The van der Waals surface area contributed by atoms with Gasteiger partial charge in [-0.2, -0.15) is 5.26 Å². The summed E-state index contributed by atoms with van der Waals surface area (Å²) in [6.45, 7) is 2.19. The molecule has 1 unspecified atom stereocenters. The topological polar surface area (TPSA) is 23.8 Å². The van der Waals surface area contributed by atoms with Crippen LogP contribution in [0.25, 0.3) is 0 Å². The molecule has 0 bridgehead atoms. The number of benzene rings is 1. The molecule has 0 aliphatic heterocycles. The molecule has 0 amide bonds. The van der Waals surface area contributed by atoms with E-state index in [-0.39, 0.29) is 0 Å². The zero-order chi connectivity index (χ0) is 10.4. The minimum Gasteiger partial charge on any atom is -0.192 e. The summed E-state index contributed by atoms with van der Waals surface area (Å²) in [4.78, 5) is 0.426. The number of nitriles is 1. The third-order valence-electron chi connectivity index (χ3n) is 2.21. The molecule has 0 aliphatic rings. The molecule has 2 heteroatoms. The highest BCUT2D eigenvalue weighted by atomic mass is 79.9. The molecule has 0 aromatic heterocycles. The second-order valence-corrected chi connectivity index (χ2v) is 4.45. The molecule has 74 valence electrons. The Balaban J connectivity index is 2.63. The lowest BCUT2D eigenvalue weighted by Crippen LogP contribution is -1.89. The Labute approximate surface area is 93.9 Å². The summed E-state index contributed by atoms with van der Waals surface area (Å²) in [6.07, 6.45) is 3.61. The molecule has 0 heterocycles. The van der Waals surface area contributed by atoms with Crippen LogP contribution in [-0.2, 0) is 0 Å². The third kappa shape index (κ3) is 3.16. The zero-order valence-electron chi connectivity index (χ0n) is 8.33. The van der Waals surface area contributed by atoms with Crippen LogP contribution >= 0.6 is 15.9 Å². The quantitative estimate of drug-likeness (QED) is 0.737. The molecule has 1 aromatic rings. The highest BCUT2D eigenvalue weighted by Gasteiger charge is 2.05. The summed E-state index contributed by atoms with van der Waals surface area (Å²) >= 11 is 3.65. The van der Waals surface area contributed by atoms with Crippen LogP contribution in [0, 0.1) is 11.3 Å². The number of hydrogen-bond acceptors (Lipinski definition) is 1. The van der Waals surface area contributed by atoms with Crippen molar-refractivity contribution in [1.82, 2.24) is 0 Å². The maximum Gasteiger partial charge on any atom is 0.0991 e. The first-order valence-electron chi connectivity index (χ1n) is 4.92. The van der Waals surface area contributed by atoms with Crippen molar-refractivity contribution >= 4 is 15.9 Å². The Kier molecular flexibility index (Phi) is 4.69. The fourth-order valence-electron chi connectivity index (χ4n) is 1.32. The van der Waals surface area contributed by atoms with Gasteiger partial charge in [-0.05, 0) is 24.1 Å². The summed E-state index contributed by atoms with van der Waals surface area (Å²) in [7, 11) is 0. The Hall–Kier alpha value is -0.810. The van der Waals surface area contributed by atoms with E-state index in [1.165, 1.54) is 18.4 Å².